The molecule has 2 unspecified atom stereocenters. The lowest BCUT2D eigenvalue weighted by Gasteiger charge is -2.28. The van der Waals surface area contributed by atoms with Crippen molar-refractivity contribution < 1.29 is 0 Å². The van der Waals surface area contributed by atoms with Gasteiger partial charge in [-0.15, -0.1) is 0 Å². The third-order valence-corrected chi connectivity index (χ3v) is 4.34. The Kier molecular flexibility index (Phi) is 4.16. The van der Waals surface area contributed by atoms with E-state index in [1.54, 1.807) is 0 Å². The van der Waals surface area contributed by atoms with E-state index >= 15 is 0 Å². The highest BCUT2D eigenvalue weighted by molar-refractivity contribution is 5.55. The summed E-state index contributed by atoms with van der Waals surface area (Å²) in [7, 11) is 0. The zero-order valence-electron chi connectivity index (χ0n) is 11.9. The van der Waals surface area contributed by atoms with Crippen molar-refractivity contribution >= 4 is 0 Å². The zero-order chi connectivity index (χ0) is 13.8. The Labute approximate surface area is 120 Å². The molecule has 1 saturated carbocycles. The van der Waals surface area contributed by atoms with Crippen LogP contribution in [0.2, 0.25) is 0 Å². The number of aromatic nitrogens is 2. The number of nitrogens with two attached hydrogens (primary N) is 1. The van der Waals surface area contributed by atoms with Gasteiger partial charge in [-0.2, -0.15) is 0 Å². The van der Waals surface area contributed by atoms with Crippen molar-refractivity contribution in [2.75, 3.05) is 0 Å². The van der Waals surface area contributed by atoms with Crippen molar-refractivity contribution in [1.29, 1.82) is 0 Å². The van der Waals surface area contributed by atoms with Gasteiger partial charge in [0.15, 0.2) is 0 Å². The molecule has 0 aliphatic heterocycles. The second-order valence-electron chi connectivity index (χ2n) is 5.75. The summed E-state index contributed by atoms with van der Waals surface area (Å²) in [5.41, 5.74) is 7.61. The van der Waals surface area contributed by atoms with Gasteiger partial charge in [0.05, 0.1) is 6.04 Å². The standard InChI is InChI=1S/C17H23N3/c18-15-10-6-1-2-7-11-16(15)20-13-12-19-17(20)14-8-4-3-5-9-14/h3-5,8-9,12-13,15-16H,1-2,6-7,10-11,18H2. The Morgan fingerprint density at radius 1 is 1.00 bits per heavy atom. The van der Waals surface area contributed by atoms with Crippen LogP contribution in [0.1, 0.15) is 44.6 Å². The quantitative estimate of drug-likeness (QED) is 0.901. The number of benzene rings is 1. The Morgan fingerprint density at radius 3 is 2.55 bits per heavy atom. The summed E-state index contributed by atoms with van der Waals surface area (Å²) in [6.07, 6.45) is 11.5. The average molecular weight is 269 g/mol. The Bertz CT molecular complexity index is 532. The highest BCUT2D eigenvalue weighted by atomic mass is 15.1. The van der Waals surface area contributed by atoms with Crippen LogP contribution in [-0.2, 0) is 0 Å². The number of hydrogen-bond acceptors (Lipinski definition) is 2. The molecule has 2 aromatic rings. The Hall–Kier alpha value is -1.61. The molecule has 106 valence electrons. The van der Waals surface area contributed by atoms with E-state index in [-0.39, 0.29) is 6.04 Å². The molecule has 1 aliphatic rings. The molecule has 2 N–H and O–H groups in total. The Morgan fingerprint density at radius 2 is 1.75 bits per heavy atom. The average Bonchev–Trinajstić information content (AvgIpc) is 2.93. The largest absolute Gasteiger partial charge is 0.326 e. The van der Waals surface area contributed by atoms with Crippen molar-refractivity contribution in [2.45, 2.75) is 50.6 Å². The van der Waals surface area contributed by atoms with Gasteiger partial charge in [0, 0.05) is 24.0 Å². The molecular weight excluding hydrogens is 246 g/mol. The van der Waals surface area contributed by atoms with Crippen molar-refractivity contribution in [3.63, 3.8) is 0 Å². The first-order valence-electron chi connectivity index (χ1n) is 7.70. The number of imidazole rings is 1. The molecule has 1 aromatic carbocycles. The molecule has 0 saturated heterocycles. The molecule has 20 heavy (non-hydrogen) atoms. The molecule has 0 bridgehead atoms. The van der Waals surface area contributed by atoms with Crippen molar-refractivity contribution in [1.82, 2.24) is 9.55 Å². The second-order valence-corrected chi connectivity index (χ2v) is 5.75. The molecule has 3 nitrogen and oxygen atoms in total. The van der Waals surface area contributed by atoms with E-state index in [1.165, 1.54) is 31.2 Å². The first-order chi connectivity index (χ1) is 9.86. The van der Waals surface area contributed by atoms with E-state index < -0.39 is 0 Å². The van der Waals surface area contributed by atoms with E-state index in [1.807, 2.05) is 12.3 Å². The fourth-order valence-electron chi connectivity index (χ4n) is 3.23. The normalized spacial score (nSPS) is 24.1. The van der Waals surface area contributed by atoms with Gasteiger partial charge >= 0.3 is 0 Å². The molecule has 3 heteroatoms. The van der Waals surface area contributed by atoms with Gasteiger partial charge in [0.1, 0.15) is 5.82 Å². The first-order valence-corrected chi connectivity index (χ1v) is 7.70. The van der Waals surface area contributed by atoms with Crippen LogP contribution in [0.15, 0.2) is 42.7 Å². The third kappa shape index (κ3) is 2.78. The molecule has 3 rings (SSSR count). The van der Waals surface area contributed by atoms with Gasteiger partial charge in [-0.25, -0.2) is 4.98 Å². The number of nitrogens with zero attached hydrogens (tertiary/aromatic N) is 2. The molecule has 0 amide bonds. The minimum atomic E-state index is 0.243. The van der Waals surface area contributed by atoms with Crippen molar-refractivity contribution in [3.05, 3.63) is 42.7 Å². The van der Waals surface area contributed by atoms with Crippen LogP contribution in [-0.4, -0.2) is 15.6 Å². The minimum absolute atomic E-state index is 0.243. The van der Waals surface area contributed by atoms with Crippen LogP contribution in [0.5, 0.6) is 0 Å². The van der Waals surface area contributed by atoms with Gasteiger partial charge in [-0.1, -0.05) is 56.0 Å². The maximum atomic E-state index is 6.44. The topological polar surface area (TPSA) is 43.8 Å². The molecule has 0 radical (unpaired) electrons. The molecule has 1 fully saturated rings. The summed E-state index contributed by atoms with van der Waals surface area (Å²) in [5, 5.41) is 0. The predicted octanol–water partition coefficient (Wildman–Crippen LogP) is 3.77. The Balaban J connectivity index is 1.91. The highest BCUT2D eigenvalue weighted by Crippen LogP contribution is 2.29. The maximum Gasteiger partial charge on any atom is 0.140 e. The molecule has 2 atom stereocenters. The fourth-order valence-corrected chi connectivity index (χ4v) is 3.23. The summed E-state index contributed by atoms with van der Waals surface area (Å²) in [6.45, 7) is 0. The smallest absolute Gasteiger partial charge is 0.140 e. The molecular formula is C17H23N3. The predicted molar refractivity (Wildman–Crippen MR) is 82.4 cm³/mol. The van der Waals surface area contributed by atoms with Crippen molar-refractivity contribution in [3.8, 4) is 11.4 Å². The minimum Gasteiger partial charge on any atom is -0.326 e. The van der Waals surface area contributed by atoms with Crippen LogP contribution in [0.4, 0.5) is 0 Å². The molecule has 1 aliphatic carbocycles. The SMILES string of the molecule is NC1CCCCCCC1n1ccnc1-c1ccccc1. The third-order valence-electron chi connectivity index (χ3n) is 4.34. The van der Waals surface area contributed by atoms with Gasteiger partial charge in [-0.3, -0.25) is 0 Å². The lowest BCUT2D eigenvalue weighted by atomic mass is 9.92. The lowest BCUT2D eigenvalue weighted by molar-refractivity contribution is 0.329. The number of rotatable bonds is 2. The van der Waals surface area contributed by atoms with Gasteiger partial charge in [0.2, 0.25) is 0 Å². The van der Waals surface area contributed by atoms with Crippen LogP contribution in [0.25, 0.3) is 11.4 Å². The molecule has 1 heterocycles. The van der Waals surface area contributed by atoms with E-state index in [0.29, 0.717) is 6.04 Å². The first kappa shape index (κ1) is 13.4. The summed E-state index contributed by atoms with van der Waals surface area (Å²) >= 11 is 0. The van der Waals surface area contributed by atoms with E-state index in [2.05, 4.69) is 40.0 Å². The monoisotopic (exact) mass is 269 g/mol. The summed E-state index contributed by atoms with van der Waals surface area (Å²) in [5.74, 6) is 1.05. The lowest BCUT2D eigenvalue weighted by Crippen LogP contribution is -2.33. The van der Waals surface area contributed by atoms with Crippen molar-refractivity contribution in [2.24, 2.45) is 5.73 Å². The second kappa shape index (κ2) is 6.23. The van der Waals surface area contributed by atoms with E-state index in [4.69, 9.17) is 5.73 Å². The van der Waals surface area contributed by atoms with E-state index in [9.17, 15) is 0 Å². The zero-order valence-corrected chi connectivity index (χ0v) is 11.9. The van der Waals surface area contributed by atoms with Gasteiger partial charge < -0.3 is 10.3 Å². The van der Waals surface area contributed by atoms with Crippen LogP contribution >= 0.6 is 0 Å². The summed E-state index contributed by atoms with van der Waals surface area (Å²) in [4.78, 5) is 4.56. The van der Waals surface area contributed by atoms with Crippen LogP contribution in [0, 0.1) is 0 Å². The van der Waals surface area contributed by atoms with E-state index in [0.717, 1.165) is 18.7 Å². The van der Waals surface area contributed by atoms with Crippen LogP contribution in [0.3, 0.4) is 0 Å². The fraction of sp³-hybridized carbons (Fsp3) is 0.471. The van der Waals surface area contributed by atoms with Crippen LogP contribution < -0.4 is 5.73 Å². The number of hydrogen-bond donors (Lipinski definition) is 1. The summed E-state index contributed by atoms with van der Waals surface area (Å²) in [6, 6.07) is 11.0. The maximum absolute atomic E-state index is 6.44. The van der Waals surface area contributed by atoms with Gasteiger partial charge in [0.25, 0.3) is 0 Å². The summed E-state index contributed by atoms with van der Waals surface area (Å²) < 4.78 is 2.30. The molecule has 0 spiro atoms. The molecule has 1 aromatic heterocycles. The highest BCUT2D eigenvalue weighted by Gasteiger charge is 2.23. The van der Waals surface area contributed by atoms with Gasteiger partial charge in [-0.05, 0) is 12.8 Å².